The van der Waals surface area contributed by atoms with Crippen molar-refractivity contribution in [1.82, 2.24) is 5.32 Å². The van der Waals surface area contributed by atoms with E-state index in [4.69, 9.17) is 4.74 Å². The molecule has 1 aliphatic heterocycles. The molecule has 19 heavy (non-hydrogen) atoms. The van der Waals surface area contributed by atoms with Crippen LogP contribution in [0.3, 0.4) is 0 Å². The van der Waals surface area contributed by atoms with Gasteiger partial charge in [0.1, 0.15) is 12.2 Å². The Morgan fingerprint density at radius 1 is 1.11 bits per heavy atom. The van der Waals surface area contributed by atoms with Crippen molar-refractivity contribution >= 4 is 5.91 Å². The Bertz CT molecular complexity index is 424. The summed E-state index contributed by atoms with van der Waals surface area (Å²) in [7, 11) is 0. The van der Waals surface area contributed by atoms with Gasteiger partial charge in [-0.15, -0.1) is 0 Å². The molecular weight excluding hydrogens is 250 g/mol. The average molecular weight is 267 g/mol. The monoisotopic (exact) mass is 267 g/mol. The molecule has 1 heterocycles. The molecule has 104 valence electrons. The van der Waals surface area contributed by atoms with Crippen molar-refractivity contribution < 1.29 is 24.9 Å². The van der Waals surface area contributed by atoms with Gasteiger partial charge in [-0.2, -0.15) is 0 Å². The molecule has 1 saturated heterocycles. The number of aliphatic hydroxyl groups is 3. The number of carbonyl (C=O) groups excluding carboxylic acids is 1. The van der Waals surface area contributed by atoms with E-state index in [9.17, 15) is 20.1 Å². The Morgan fingerprint density at radius 2 is 1.79 bits per heavy atom. The first kappa shape index (κ1) is 14.0. The maximum atomic E-state index is 11.3. The lowest BCUT2D eigenvalue weighted by molar-refractivity contribution is -0.156. The van der Waals surface area contributed by atoms with Crippen molar-refractivity contribution in [1.29, 1.82) is 0 Å². The van der Waals surface area contributed by atoms with E-state index in [2.05, 4.69) is 5.32 Å². The molecule has 2 rings (SSSR count). The number of aliphatic hydroxyl groups excluding tert-OH is 3. The van der Waals surface area contributed by atoms with E-state index in [0.29, 0.717) is 6.61 Å². The first-order valence-electron chi connectivity index (χ1n) is 6.06. The van der Waals surface area contributed by atoms with Gasteiger partial charge < -0.3 is 25.4 Å². The molecule has 1 aromatic rings. The van der Waals surface area contributed by atoms with Gasteiger partial charge in [-0.05, 0) is 5.56 Å². The third kappa shape index (κ3) is 3.30. The zero-order chi connectivity index (χ0) is 13.8. The summed E-state index contributed by atoms with van der Waals surface area (Å²) in [5.41, 5.74) is 0.972. The van der Waals surface area contributed by atoms with Crippen LogP contribution in [0.4, 0.5) is 0 Å². The lowest BCUT2D eigenvalue weighted by Gasteiger charge is -2.35. The number of benzene rings is 1. The van der Waals surface area contributed by atoms with Crippen LogP contribution in [0.25, 0.3) is 0 Å². The molecule has 0 bridgehead atoms. The van der Waals surface area contributed by atoms with E-state index in [1.807, 2.05) is 30.3 Å². The quantitative estimate of drug-likeness (QED) is 0.548. The second-order valence-corrected chi connectivity index (χ2v) is 4.54. The Kier molecular flexibility index (Phi) is 4.49. The fourth-order valence-electron chi connectivity index (χ4n) is 1.95. The van der Waals surface area contributed by atoms with Crippen molar-refractivity contribution in [3.63, 3.8) is 0 Å². The average Bonchev–Trinajstić information content (AvgIpc) is 2.43. The molecule has 1 aliphatic rings. The molecule has 1 amide bonds. The number of carbonyl (C=O) groups is 1. The van der Waals surface area contributed by atoms with Crippen molar-refractivity contribution in [3.05, 3.63) is 35.9 Å². The van der Waals surface area contributed by atoms with Crippen LogP contribution in [0.15, 0.2) is 30.3 Å². The summed E-state index contributed by atoms with van der Waals surface area (Å²) in [5, 5.41) is 30.9. The Balaban J connectivity index is 1.84. The maximum absolute atomic E-state index is 11.3. The maximum Gasteiger partial charge on any atom is 0.252 e. The van der Waals surface area contributed by atoms with Crippen LogP contribution < -0.4 is 5.32 Å². The van der Waals surface area contributed by atoms with E-state index in [1.165, 1.54) is 0 Å². The number of hydrogen-bond acceptors (Lipinski definition) is 5. The van der Waals surface area contributed by atoms with Crippen LogP contribution in [0.1, 0.15) is 5.56 Å². The smallest absolute Gasteiger partial charge is 0.252 e. The van der Waals surface area contributed by atoms with Crippen LogP contribution in [-0.4, -0.2) is 52.2 Å². The topological polar surface area (TPSA) is 99.0 Å². The standard InChI is InChI=1S/C13H17NO5/c15-10-9(14-13(18)12(17)11(10)16)7-19-6-8-4-2-1-3-5-8/h1-5,9-12,15-17H,6-7H2,(H,14,18)/t9-,10-,11-,12-/m0/s1. The minimum Gasteiger partial charge on any atom is -0.388 e. The summed E-state index contributed by atoms with van der Waals surface area (Å²) in [5.74, 6) is -0.703. The SMILES string of the molecule is O=C1N[C@@H](COCc2ccccc2)[C@H](O)[C@H](O)[C@@H]1O. The first-order valence-corrected chi connectivity index (χ1v) is 6.06. The van der Waals surface area contributed by atoms with Gasteiger partial charge in [0.05, 0.1) is 19.3 Å². The third-order valence-electron chi connectivity index (χ3n) is 3.09. The number of hydrogen-bond donors (Lipinski definition) is 4. The number of ether oxygens (including phenoxy) is 1. The predicted octanol–water partition coefficient (Wildman–Crippen LogP) is -1.22. The number of amides is 1. The van der Waals surface area contributed by atoms with Crippen molar-refractivity contribution in [2.75, 3.05) is 6.61 Å². The van der Waals surface area contributed by atoms with Gasteiger partial charge in [0, 0.05) is 0 Å². The summed E-state index contributed by atoms with van der Waals surface area (Å²) < 4.78 is 5.39. The molecule has 0 spiro atoms. The van der Waals surface area contributed by atoms with Crippen molar-refractivity contribution in [2.24, 2.45) is 0 Å². The molecule has 1 fully saturated rings. The second-order valence-electron chi connectivity index (χ2n) is 4.54. The number of rotatable bonds is 4. The Hall–Kier alpha value is -1.47. The van der Waals surface area contributed by atoms with Crippen LogP contribution in [0.2, 0.25) is 0 Å². The van der Waals surface area contributed by atoms with Gasteiger partial charge in [-0.25, -0.2) is 0 Å². The molecule has 6 heteroatoms. The van der Waals surface area contributed by atoms with Crippen LogP contribution >= 0.6 is 0 Å². The molecule has 0 radical (unpaired) electrons. The second kappa shape index (κ2) is 6.12. The van der Waals surface area contributed by atoms with Gasteiger partial charge in [0.25, 0.3) is 5.91 Å². The molecule has 0 aliphatic carbocycles. The highest BCUT2D eigenvalue weighted by atomic mass is 16.5. The molecule has 4 atom stereocenters. The van der Waals surface area contributed by atoms with Crippen LogP contribution in [0, 0.1) is 0 Å². The van der Waals surface area contributed by atoms with E-state index in [1.54, 1.807) is 0 Å². The lowest BCUT2D eigenvalue weighted by Crippen LogP contribution is -2.64. The van der Waals surface area contributed by atoms with Gasteiger partial charge in [-0.1, -0.05) is 30.3 Å². The molecule has 0 aromatic heterocycles. The Morgan fingerprint density at radius 3 is 2.47 bits per heavy atom. The summed E-state index contributed by atoms with van der Waals surface area (Å²) in [6, 6.07) is 8.73. The zero-order valence-electron chi connectivity index (χ0n) is 10.3. The Labute approximate surface area is 110 Å². The summed E-state index contributed by atoms with van der Waals surface area (Å²) >= 11 is 0. The van der Waals surface area contributed by atoms with Crippen LogP contribution in [-0.2, 0) is 16.1 Å². The molecule has 0 unspecified atom stereocenters. The summed E-state index contributed by atoms with van der Waals surface area (Å²) in [4.78, 5) is 11.3. The van der Waals surface area contributed by atoms with Crippen molar-refractivity contribution in [2.45, 2.75) is 31.0 Å². The highest BCUT2D eigenvalue weighted by Gasteiger charge is 2.41. The highest BCUT2D eigenvalue weighted by molar-refractivity contribution is 5.82. The largest absolute Gasteiger partial charge is 0.388 e. The molecule has 1 aromatic carbocycles. The molecule has 0 saturated carbocycles. The summed E-state index contributed by atoms with van der Waals surface area (Å²) in [6.07, 6.45) is -4.33. The van der Waals surface area contributed by atoms with E-state index in [0.717, 1.165) is 5.56 Å². The van der Waals surface area contributed by atoms with Gasteiger partial charge in [0.2, 0.25) is 0 Å². The summed E-state index contributed by atoms with van der Waals surface area (Å²) in [6.45, 7) is 0.407. The van der Waals surface area contributed by atoms with Gasteiger partial charge in [-0.3, -0.25) is 4.79 Å². The molecular formula is C13H17NO5. The minimum absolute atomic E-state index is 0.0611. The molecule has 6 nitrogen and oxygen atoms in total. The van der Waals surface area contributed by atoms with E-state index < -0.39 is 30.3 Å². The predicted molar refractivity (Wildman–Crippen MR) is 66.0 cm³/mol. The third-order valence-corrected chi connectivity index (χ3v) is 3.09. The lowest BCUT2D eigenvalue weighted by atomic mass is 9.96. The normalized spacial score (nSPS) is 31.0. The van der Waals surface area contributed by atoms with Gasteiger partial charge in [0.15, 0.2) is 6.10 Å². The zero-order valence-corrected chi connectivity index (χ0v) is 10.3. The van der Waals surface area contributed by atoms with Crippen LogP contribution in [0.5, 0.6) is 0 Å². The fraction of sp³-hybridized carbons (Fsp3) is 0.462. The molecule has 4 N–H and O–H groups in total. The highest BCUT2D eigenvalue weighted by Crippen LogP contribution is 2.12. The number of nitrogens with one attached hydrogen (secondary N) is 1. The van der Waals surface area contributed by atoms with E-state index >= 15 is 0 Å². The van der Waals surface area contributed by atoms with Crippen molar-refractivity contribution in [3.8, 4) is 0 Å². The number of piperidine rings is 1. The van der Waals surface area contributed by atoms with E-state index in [-0.39, 0.29) is 6.61 Å². The van der Waals surface area contributed by atoms with Gasteiger partial charge >= 0.3 is 0 Å². The minimum atomic E-state index is -1.60. The fourth-order valence-corrected chi connectivity index (χ4v) is 1.95. The first-order chi connectivity index (χ1) is 9.09.